The minimum absolute atomic E-state index is 1.00. The zero-order valence-corrected chi connectivity index (χ0v) is 9.43. The number of hydrogen-bond acceptors (Lipinski definition) is 1. The molecule has 16 heavy (non-hydrogen) atoms. The first-order chi connectivity index (χ1) is 7.74. The molecule has 0 aliphatic heterocycles. The van der Waals surface area contributed by atoms with Crippen LogP contribution in [0.3, 0.4) is 0 Å². The second-order valence-electron chi connectivity index (χ2n) is 4.07. The van der Waals surface area contributed by atoms with Gasteiger partial charge in [0, 0.05) is 16.9 Å². The van der Waals surface area contributed by atoms with Gasteiger partial charge in [0.05, 0.1) is 0 Å². The van der Waals surface area contributed by atoms with Crippen LogP contribution < -0.4 is 4.73 Å². The van der Waals surface area contributed by atoms with Crippen LogP contribution in [0.2, 0.25) is 0 Å². The van der Waals surface area contributed by atoms with Crippen molar-refractivity contribution in [2.24, 2.45) is 0 Å². The summed E-state index contributed by atoms with van der Waals surface area (Å²) in [4.78, 5) is 0. The van der Waals surface area contributed by atoms with E-state index in [1.54, 1.807) is 12.4 Å². The Kier molecular flexibility index (Phi) is 3.20. The Morgan fingerprint density at radius 1 is 0.875 bits per heavy atom. The highest BCUT2D eigenvalue weighted by molar-refractivity contribution is 5.22. The summed E-state index contributed by atoms with van der Waals surface area (Å²) in [5, 5.41) is 9.09. The number of pyridine rings is 1. The Morgan fingerprint density at radius 3 is 1.94 bits per heavy atom. The molecule has 2 nitrogen and oxygen atoms in total. The van der Waals surface area contributed by atoms with Crippen LogP contribution in [0.5, 0.6) is 0 Å². The monoisotopic (exact) mass is 214 g/mol. The molecule has 0 amide bonds. The van der Waals surface area contributed by atoms with Crippen molar-refractivity contribution in [1.82, 2.24) is 0 Å². The van der Waals surface area contributed by atoms with E-state index < -0.39 is 0 Å². The number of nitrogens with zero attached hydrogens (tertiary/aromatic N) is 1. The molecule has 2 aromatic rings. The van der Waals surface area contributed by atoms with Gasteiger partial charge in [-0.25, -0.2) is 0 Å². The van der Waals surface area contributed by atoms with E-state index >= 15 is 0 Å². The molecule has 2 heteroatoms. The third-order valence-electron chi connectivity index (χ3n) is 2.71. The second kappa shape index (κ2) is 4.79. The second-order valence-corrected chi connectivity index (χ2v) is 4.07. The van der Waals surface area contributed by atoms with Crippen LogP contribution in [-0.4, -0.2) is 5.21 Å². The average Bonchev–Trinajstić information content (AvgIpc) is 2.30. The number of aryl methyl sites for hydroxylation is 3. The van der Waals surface area contributed by atoms with Crippen molar-refractivity contribution in [3.05, 3.63) is 65.5 Å². The Hall–Kier alpha value is -1.83. The molecule has 1 aromatic carbocycles. The summed E-state index contributed by atoms with van der Waals surface area (Å²) in [6.07, 6.45) is 5.36. The molecule has 0 spiro atoms. The summed E-state index contributed by atoms with van der Waals surface area (Å²) >= 11 is 0. The molecule has 0 fully saturated rings. The van der Waals surface area contributed by atoms with Crippen molar-refractivity contribution in [3.63, 3.8) is 0 Å². The van der Waals surface area contributed by atoms with Gasteiger partial charge in [0.1, 0.15) is 0 Å². The Morgan fingerprint density at radius 2 is 1.38 bits per heavy atom. The van der Waals surface area contributed by atoms with E-state index in [9.17, 15) is 0 Å². The molecule has 2 rings (SSSR count). The molecule has 0 radical (unpaired) electrons. The topological polar surface area (TPSA) is 24.1 Å². The molecule has 1 aromatic heterocycles. The fourth-order valence-corrected chi connectivity index (χ4v) is 1.66. The van der Waals surface area contributed by atoms with Crippen molar-refractivity contribution in [3.8, 4) is 0 Å². The standard InChI is InChI=1S/C14H16NO/c1-12-2-4-13(5-3-12)6-7-14-8-10-15(16)11-9-14/h2-5,8-11,16H,6-7H2,1H3/q+1. The van der Waals surface area contributed by atoms with E-state index in [0.717, 1.165) is 17.6 Å². The molecule has 0 bridgehead atoms. The van der Waals surface area contributed by atoms with Crippen LogP contribution >= 0.6 is 0 Å². The zero-order chi connectivity index (χ0) is 11.4. The van der Waals surface area contributed by atoms with Crippen molar-refractivity contribution >= 4 is 0 Å². The molecule has 0 aliphatic carbocycles. The molecule has 0 saturated carbocycles. The van der Waals surface area contributed by atoms with Gasteiger partial charge in [-0.3, -0.25) is 5.21 Å². The average molecular weight is 214 g/mol. The Balaban J connectivity index is 1.97. The van der Waals surface area contributed by atoms with E-state index in [1.807, 2.05) is 12.1 Å². The molecule has 1 heterocycles. The van der Waals surface area contributed by atoms with E-state index in [1.165, 1.54) is 16.7 Å². The fraction of sp³-hybridized carbons (Fsp3) is 0.214. The third-order valence-corrected chi connectivity index (χ3v) is 2.71. The summed E-state index contributed by atoms with van der Waals surface area (Å²) in [7, 11) is 0. The summed E-state index contributed by atoms with van der Waals surface area (Å²) in [6.45, 7) is 2.10. The first-order valence-corrected chi connectivity index (χ1v) is 5.49. The van der Waals surface area contributed by atoms with Gasteiger partial charge in [0.25, 0.3) is 0 Å². The van der Waals surface area contributed by atoms with Crippen LogP contribution in [0.25, 0.3) is 0 Å². The lowest BCUT2D eigenvalue weighted by Gasteiger charge is -2.01. The SMILES string of the molecule is Cc1ccc(CCc2cc[n+](O)cc2)cc1. The first-order valence-electron chi connectivity index (χ1n) is 5.49. The van der Waals surface area contributed by atoms with Crippen LogP contribution in [0.4, 0.5) is 0 Å². The highest BCUT2D eigenvalue weighted by Gasteiger charge is 1.99. The smallest absolute Gasteiger partial charge is 0.222 e. The normalized spacial score (nSPS) is 10.3. The van der Waals surface area contributed by atoms with Crippen LogP contribution in [0.15, 0.2) is 48.8 Å². The summed E-state index contributed by atoms with van der Waals surface area (Å²) in [6, 6.07) is 12.5. The largest absolute Gasteiger partial charge is 0.285 e. The van der Waals surface area contributed by atoms with Gasteiger partial charge in [-0.15, -0.1) is 0 Å². The van der Waals surface area contributed by atoms with Crippen LogP contribution in [0.1, 0.15) is 16.7 Å². The minimum atomic E-state index is 1.00. The maximum absolute atomic E-state index is 9.09. The Bertz CT molecular complexity index is 400. The van der Waals surface area contributed by atoms with Crippen molar-refractivity contribution in [2.45, 2.75) is 19.8 Å². The molecule has 82 valence electrons. The van der Waals surface area contributed by atoms with Gasteiger partial charge in [-0.2, -0.15) is 0 Å². The lowest BCUT2D eigenvalue weighted by atomic mass is 10.0. The maximum Gasteiger partial charge on any atom is 0.222 e. The number of benzene rings is 1. The molecule has 0 atom stereocenters. The molecular weight excluding hydrogens is 198 g/mol. The Labute approximate surface area is 95.8 Å². The van der Waals surface area contributed by atoms with E-state index in [2.05, 4.69) is 31.2 Å². The maximum atomic E-state index is 9.09. The molecule has 0 saturated heterocycles. The predicted molar refractivity (Wildman–Crippen MR) is 62.4 cm³/mol. The zero-order valence-electron chi connectivity index (χ0n) is 9.43. The lowest BCUT2D eigenvalue weighted by molar-refractivity contribution is -0.904. The van der Waals surface area contributed by atoms with Crippen molar-refractivity contribution < 1.29 is 9.94 Å². The molecule has 1 N–H and O–H groups in total. The van der Waals surface area contributed by atoms with Crippen LogP contribution in [-0.2, 0) is 12.8 Å². The highest BCUT2D eigenvalue weighted by atomic mass is 16.5. The summed E-state index contributed by atoms with van der Waals surface area (Å²) in [5.41, 5.74) is 3.89. The van der Waals surface area contributed by atoms with Crippen molar-refractivity contribution in [2.75, 3.05) is 0 Å². The number of rotatable bonds is 3. The minimum Gasteiger partial charge on any atom is -0.285 e. The quantitative estimate of drug-likeness (QED) is 0.615. The van der Waals surface area contributed by atoms with Gasteiger partial charge >= 0.3 is 0 Å². The van der Waals surface area contributed by atoms with Gasteiger partial charge < -0.3 is 0 Å². The van der Waals surface area contributed by atoms with Crippen LogP contribution in [0, 0.1) is 6.92 Å². The van der Waals surface area contributed by atoms with Gasteiger partial charge in [0.15, 0.2) is 0 Å². The molecular formula is C14H16NO+. The third kappa shape index (κ3) is 2.83. The number of aromatic nitrogens is 1. The van der Waals surface area contributed by atoms with Gasteiger partial charge in [-0.05, 0) is 30.9 Å². The summed E-state index contributed by atoms with van der Waals surface area (Å²) < 4.78 is 1.06. The summed E-state index contributed by atoms with van der Waals surface area (Å²) in [5.74, 6) is 0. The molecule has 0 unspecified atom stereocenters. The predicted octanol–water partition coefficient (Wildman–Crippen LogP) is 2.31. The number of hydrogen-bond donors (Lipinski definition) is 1. The van der Waals surface area contributed by atoms with E-state index in [-0.39, 0.29) is 0 Å². The van der Waals surface area contributed by atoms with E-state index in [0.29, 0.717) is 0 Å². The molecule has 0 aliphatic rings. The first kappa shape index (κ1) is 10.7. The van der Waals surface area contributed by atoms with Gasteiger partial charge in [0.2, 0.25) is 12.4 Å². The van der Waals surface area contributed by atoms with E-state index in [4.69, 9.17) is 5.21 Å². The fourth-order valence-electron chi connectivity index (χ4n) is 1.66. The van der Waals surface area contributed by atoms with Crippen molar-refractivity contribution in [1.29, 1.82) is 0 Å². The highest BCUT2D eigenvalue weighted by Crippen LogP contribution is 2.07. The lowest BCUT2D eigenvalue weighted by Crippen LogP contribution is -2.28. The van der Waals surface area contributed by atoms with Gasteiger partial charge in [-0.1, -0.05) is 29.8 Å².